The highest BCUT2D eigenvalue weighted by molar-refractivity contribution is 7.91. The monoisotopic (exact) mass is 366 g/mol. The summed E-state index contributed by atoms with van der Waals surface area (Å²) in [6, 6.07) is 11.9. The molecule has 0 spiro atoms. The van der Waals surface area contributed by atoms with Crippen LogP contribution in [0.25, 0.3) is 0 Å². The van der Waals surface area contributed by atoms with Crippen molar-refractivity contribution in [3.63, 3.8) is 0 Å². The van der Waals surface area contributed by atoms with E-state index < -0.39 is 10.0 Å². The van der Waals surface area contributed by atoms with Crippen LogP contribution in [0.1, 0.15) is 24.4 Å². The predicted molar refractivity (Wildman–Crippen MR) is 96.0 cm³/mol. The van der Waals surface area contributed by atoms with E-state index in [4.69, 9.17) is 4.74 Å². The number of likely N-dealkylation sites (tertiary alicyclic amines) is 1. The lowest BCUT2D eigenvalue weighted by atomic mass is 10.0. The van der Waals surface area contributed by atoms with Crippen LogP contribution in [0.3, 0.4) is 0 Å². The highest BCUT2D eigenvalue weighted by Gasteiger charge is 2.26. The van der Waals surface area contributed by atoms with Gasteiger partial charge < -0.3 is 4.74 Å². The second-order valence-corrected chi connectivity index (χ2v) is 8.74. The second-order valence-electron chi connectivity index (χ2n) is 5.80. The third-order valence-electron chi connectivity index (χ3n) is 4.32. The van der Waals surface area contributed by atoms with Crippen molar-refractivity contribution in [1.29, 1.82) is 0 Å². The van der Waals surface area contributed by atoms with Gasteiger partial charge in [-0.3, -0.25) is 4.90 Å². The molecule has 1 atom stereocenters. The molecule has 1 fully saturated rings. The molecule has 7 heteroatoms. The maximum atomic E-state index is 12.2. The van der Waals surface area contributed by atoms with Crippen LogP contribution < -0.4 is 9.46 Å². The Labute approximate surface area is 147 Å². The lowest BCUT2D eigenvalue weighted by Crippen LogP contribution is -2.34. The lowest BCUT2D eigenvalue weighted by molar-refractivity contribution is 0.261. The maximum Gasteiger partial charge on any atom is 0.250 e. The Balaban J connectivity index is 1.58. The molecule has 1 aromatic heterocycles. The van der Waals surface area contributed by atoms with Crippen molar-refractivity contribution in [2.45, 2.75) is 23.1 Å². The molecule has 2 heterocycles. The number of thiophene rings is 1. The quantitative estimate of drug-likeness (QED) is 0.819. The van der Waals surface area contributed by atoms with Gasteiger partial charge in [0.2, 0.25) is 10.0 Å². The Morgan fingerprint density at radius 2 is 2.08 bits per heavy atom. The van der Waals surface area contributed by atoms with Crippen molar-refractivity contribution in [1.82, 2.24) is 9.62 Å². The van der Waals surface area contributed by atoms with Crippen molar-refractivity contribution < 1.29 is 13.2 Å². The summed E-state index contributed by atoms with van der Waals surface area (Å²) >= 11 is 1.24. The molecule has 1 aliphatic rings. The molecule has 24 heavy (non-hydrogen) atoms. The molecule has 1 saturated heterocycles. The first-order valence-electron chi connectivity index (χ1n) is 8.01. The van der Waals surface area contributed by atoms with E-state index in [0.29, 0.717) is 23.3 Å². The van der Waals surface area contributed by atoms with Gasteiger partial charge in [-0.2, -0.15) is 0 Å². The fourth-order valence-corrected chi connectivity index (χ4v) is 5.17. The van der Waals surface area contributed by atoms with E-state index in [9.17, 15) is 8.42 Å². The van der Waals surface area contributed by atoms with Crippen LogP contribution in [-0.2, 0) is 10.0 Å². The van der Waals surface area contributed by atoms with Gasteiger partial charge in [0.05, 0.1) is 7.11 Å². The van der Waals surface area contributed by atoms with E-state index >= 15 is 0 Å². The van der Waals surface area contributed by atoms with Gasteiger partial charge in [0.15, 0.2) is 0 Å². The summed E-state index contributed by atoms with van der Waals surface area (Å²) in [5, 5.41) is 1.77. The molecular formula is C17H22N2O3S2. The number of benzene rings is 1. The van der Waals surface area contributed by atoms with E-state index in [2.05, 4.69) is 21.8 Å². The highest BCUT2D eigenvalue weighted by atomic mass is 32.2. The summed E-state index contributed by atoms with van der Waals surface area (Å²) in [4.78, 5) is 2.35. The highest BCUT2D eigenvalue weighted by Crippen LogP contribution is 2.32. The fraction of sp³-hybridized carbons (Fsp3) is 0.412. The topological polar surface area (TPSA) is 58.6 Å². The maximum absolute atomic E-state index is 12.2. The van der Waals surface area contributed by atoms with Gasteiger partial charge in [-0.25, -0.2) is 13.1 Å². The minimum Gasteiger partial charge on any atom is -0.497 e. The van der Waals surface area contributed by atoms with Crippen LogP contribution in [0.4, 0.5) is 0 Å². The van der Waals surface area contributed by atoms with E-state index in [-0.39, 0.29) is 0 Å². The molecule has 0 aliphatic carbocycles. The average molecular weight is 367 g/mol. The number of sulfonamides is 1. The summed E-state index contributed by atoms with van der Waals surface area (Å²) < 4.78 is 32.6. The second kappa shape index (κ2) is 7.65. The molecule has 0 bridgehead atoms. The third kappa shape index (κ3) is 3.97. The Hall–Kier alpha value is -1.41. The predicted octanol–water partition coefficient (Wildman–Crippen LogP) is 2.87. The first-order chi connectivity index (χ1) is 11.6. The first kappa shape index (κ1) is 17.4. The van der Waals surface area contributed by atoms with Crippen molar-refractivity contribution in [3.8, 4) is 5.75 Å². The molecule has 1 aromatic carbocycles. The summed E-state index contributed by atoms with van der Waals surface area (Å²) in [5.74, 6) is 0.854. The number of hydrogen-bond acceptors (Lipinski definition) is 5. The van der Waals surface area contributed by atoms with E-state index in [0.717, 1.165) is 25.1 Å². The normalized spacial score (nSPS) is 18.8. The number of ether oxygens (including phenoxy) is 1. The van der Waals surface area contributed by atoms with Crippen LogP contribution in [0, 0.1) is 0 Å². The number of hydrogen-bond donors (Lipinski definition) is 1. The van der Waals surface area contributed by atoms with E-state index in [1.165, 1.54) is 16.9 Å². The van der Waals surface area contributed by atoms with Crippen molar-refractivity contribution in [2.24, 2.45) is 0 Å². The Morgan fingerprint density at radius 3 is 2.75 bits per heavy atom. The number of nitrogens with zero attached hydrogens (tertiary/aromatic N) is 1. The summed E-state index contributed by atoms with van der Waals surface area (Å²) in [5.41, 5.74) is 1.26. The Morgan fingerprint density at radius 1 is 1.29 bits per heavy atom. The van der Waals surface area contributed by atoms with E-state index in [1.807, 2.05) is 12.1 Å². The zero-order valence-electron chi connectivity index (χ0n) is 13.6. The standard InChI is InChI=1S/C17H22N2O3S2/c1-22-15-8-6-14(7-9-15)16-4-2-11-19(16)12-10-18-24(20,21)17-5-3-13-23-17/h3,5-9,13,16,18H,2,4,10-12H2,1H3/t16-/m1/s1. The number of rotatable bonds is 7. The minimum absolute atomic E-state index is 0.349. The summed E-state index contributed by atoms with van der Waals surface area (Å²) in [6.45, 7) is 2.13. The number of methoxy groups -OCH3 is 1. The van der Waals surface area contributed by atoms with Gasteiger partial charge in [-0.1, -0.05) is 18.2 Å². The van der Waals surface area contributed by atoms with Crippen LogP contribution >= 0.6 is 11.3 Å². The molecule has 0 radical (unpaired) electrons. The van der Waals surface area contributed by atoms with Crippen LogP contribution in [0.5, 0.6) is 5.75 Å². The summed E-state index contributed by atoms with van der Waals surface area (Å²) in [6.07, 6.45) is 2.23. The Bertz CT molecular complexity index is 743. The zero-order valence-corrected chi connectivity index (χ0v) is 15.3. The fourth-order valence-electron chi connectivity index (χ4n) is 3.11. The lowest BCUT2D eigenvalue weighted by Gasteiger charge is -2.25. The van der Waals surface area contributed by atoms with Crippen molar-refractivity contribution in [2.75, 3.05) is 26.7 Å². The smallest absolute Gasteiger partial charge is 0.250 e. The van der Waals surface area contributed by atoms with Crippen LogP contribution in [-0.4, -0.2) is 40.1 Å². The van der Waals surface area contributed by atoms with Gasteiger partial charge >= 0.3 is 0 Å². The molecular weight excluding hydrogens is 344 g/mol. The van der Waals surface area contributed by atoms with Crippen LogP contribution in [0.2, 0.25) is 0 Å². The van der Waals surface area contributed by atoms with Crippen molar-refractivity contribution >= 4 is 21.4 Å². The molecule has 1 aliphatic heterocycles. The molecule has 5 nitrogen and oxygen atoms in total. The Kier molecular flexibility index (Phi) is 5.55. The molecule has 0 saturated carbocycles. The van der Waals surface area contributed by atoms with Gasteiger partial charge in [0.1, 0.15) is 9.96 Å². The third-order valence-corrected chi connectivity index (χ3v) is 7.17. The first-order valence-corrected chi connectivity index (χ1v) is 10.4. The van der Waals surface area contributed by atoms with E-state index in [1.54, 1.807) is 24.6 Å². The van der Waals surface area contributed by atoms with Crippen LogP contribution in [0.15, 0.2) is 46.0 Å². The molecule has 2 aromatic rings. The molecule has 130 valence electrons. The molecule has 3 rings (SSSR count). The average Bonchev–Trinajstić information content (AvgIpc) is 3.27. The van der Waals surface area contributed by atoms with Crippen molar-refractivity contribution in [3.05, 3.63) is 47.3 Å². The van der Waals surface area contributed by atoms with Gasteiger partial charge in [0, 0.05) is 19.1 Å². The number of nitrogens with one attached hydrogen (secondary N) is 1. The zero-order chi connectivity index (χ0) is 17.0. The summed E-state index contributed by atoms with van der Waals surface area (Å²) in [7, 11) is -1.71. The van der Waals surface area contributed by atoms with Gasteiger partial charge in [-0.15, -0.1) is 11.3 Å². The van der Waals surface area contributed by atoms with Gasteiger partial charge in [0.25, 0.3) is 0 Å². The molecule has 0 unspecified atom stereocenters. The molecule has 0 amide bonds. The molecule has 1 N–H and O–H groups in total. The van der Waals surface area contributed by atoms with Gasteiger partial charge in [-0.05, 0) is 48.5 Å². The minimum atomic E-state index is -3.37. The largest absolute Gasteiger partial charge is 0.497 e. The SMILES string of the molecule is COc1ccc([C@H]2CCCN2CCNS(=O)(=O)c2cccs2)cc1.